The van der Waals surface area contributed by atoms with Gasteiger partial charge in [0.05, 0.1) is 17.6 Å². The highest BCUT2D eigenvalue weighted by Gasteiger charge is 2.25. The number of phenolic OH excluding ortho intramolecular Hbond substituents is 1. The fourth-order valence-electron chi connectivity index (χ4n) is 3.58. The summed E-state index contributed by atoms with van der Waals surface area (Å²) in [5.74, 6) is 0.601. The number of aromatic hydroxyl groups is 1. The van der Waals surface area contributed by atoms with Gasteiger partial charge in [-0.25, -0.2) is 4.98 Å². The van der Waals surface area contributed by atoms with Gasteiger partial charge >= 0.3 is 0 Å². The maximum atomic E-state index is 13.6. The smallest absolute Gasteiger partial charge is 0.260 e. The highest BCUT2D eigenvalue weighted by molar-refractivity contribution is 7.09. The topological polar surface area (TPSA) is 58.4 Å². The molecule has 3 aromatic carbocycles. The highest BCUT2D eigenvalue weighted by Crippen LogP contribution is 2.30. The molecule has 6 heteroatoms. The molecule has 152 valence electrons. The first-order chi connectivity index (χ1) is 15.2. The van der Waals surface area contributed by atoms with Crippen LogP contribution < -0.4 is 4.90 Å². The van der Waals surface area contributed by atoms with E-state index in [9.17, 15) is 9.90 Å². The summed E-state index contributed by atoms with van der Waals surface area (Å²) in [5.41, 5.74) is 3.10. The van der Waals surface area contributed by atoms with Crippen molar-refractivity contribution in [3.63, 3.8) is 0 Å². The second kappa shape index (κ2) is 8.08. The molecule has 31 heavy (non-hydrogen) atoms. The lowest BCUT2D eigenvalue weighted by atomic mass is 10.2. The molecular weight excluding hydrogens is 406 g/mol. The van der Waals surface area contributed by atoms with Crippen LogP contribution in [0, 0.1) is 0 Å². The summed E-state index contributed by atoms with van der Waals surface area (Å²) in [6, 6.07) is 28.0. The number of thiophene rings is 1. The van der Waals surface area contributed by atoms with Crippen LogP contribution in [0.25, 0.3) is 16.7 Å². The Kier molecular flexibility index (Phi) is 4.98. The fraction of sp³-hybridized carbons (Fsp3) is 0.0400. The molecule has 0 unspecified atom stereocenters. The average Bonchev–Trinajstić information content (AvgIpc) is 3.46. The minimum atomic E-state index is -0.121. The van der Waals surface area contributed by atoms with Crippen LogP contribution in [0.2, 0.25) is 0 Å². The molecular formula is C25H19N3O2S. The average molecular weight is 426 g/mol. The van der Waals surface area contributed by atoms with Crippen molar-refractivity contribution in [1.82, 2.24) is 9.55 Å². The number of amides is 1. The highest BCUT2D eigenvalue weighted by atomic mass is 32.1. The monoisotopic (exact) mass is 425 g/mol. The third kappa shape index (κ3) is 3.69. The van der Waals surface area contributed by atoms with Gasteiger partial charge in [0.1, 0.15) is 5.75 Å². The van der Waals surface area contributed by atoms with E-state index in [-0.39, 0.29) is 11.7 Å². The number of rotatable bonds is 5. The molecule has 1 N–H and O–H groups in total. The number of fused-ring (bicyclic) bond motifs is 1. The van der Waals surface area contributed by atoms with Crippen molar-refractivity contribution >= 4 is 34.2 Å². The van der Waals surface area contributed by atoms with E-state index in [2.05, 4.69) is 0 Å². The van der Waals surface area contributed by atoms with Gasteiger partial charge in [-0.3, -0.25) is 14.3 Å². The minimum Gasteiger partial charge on any atom is -0.508 e. The van der Waals surface area contributed by atoms with Crippen LogP contribution in [-0.4, -0.2) is 20.6 Å². The zero-order valence-corrected chi connectivity index (χ0v) is 17.4. The van der Waals surface area contributed by atoms with E-state index < -0.39 is 0 Å². The van der Waals surface area contributed by atoms with Crippen molar-refractivity contribution in [3.8, 4) is 11.4 Å². The molecule has 0 fully saturated rings. The maximum Gasteiger partial charge on any atom is 0.260 e. The third-order valence-corrected chi connectivity index (χ3v) is 5.91. The zero-order valence-electron chi connectivity index (χ0n) is 16.6. The van der Waals surface area contributed by atoms with Gasteiger partial charge in [-0.05, 0) is 60.0 Å². The SMILES string of the molecule is O=C(c1ccccc1)N(Cc1cccs1)c1nc2ccccc2n1-c1ccc(O)cc1. The number of benzene rings is 3. The molecule has 5 nitrogen and oxygen atoms in total. The summed E-state index contributed by atoms with van der Waals surface area (Å²) in [7, 11) is 0. The van der Waals surface area contributed by atoms with Gasteiger partial charge in [0, 0.05) is 16.1 Å². The second-order valence-corrected chi connectivity index (χ2v) is 8.12. The quantitative estimate of drug-likeness (QED) is 0.396. The summed E-state index contributed by atoms with van der Waals surface area (Å²) in [6.45, 7) is 0.410. The summed E-state index contributed by atoms with van der Waals surface area (Å²) < 4.78 is 1.96. The molecule has 2 heterocycles. The van der Waals surface area contributed by atoms with E-state index in [0.29, 0.717) is 18.1 Å². The number of imidazole rings is 1. The minimum absolute atomic E-state index is 0.121. The number of aromatic nitrogens is 2. The van der Waals surface area contributed by atoms with Gasteiger partial charge in [0.2, 0.25) is 5.95 Å². The largest absolute Gasteiger partial charge is 0.508 e. The molecule has 0 saturated heterocycles. The molecule has 0 saturated carbocycles. The standard InChI is InChI=1S/C25H19N3O2S/c29-20-14-12-19(13-15-20)28-23-11-5-4-10-22(23)26-25(28)27(17-21-9-6-16-31-21)24(30)18-7-2-1-3-8-18/h1-16,29H,17H2. The first-order valence-electron chi connectivity index (χ1n) is 9.87. The van der Waals surface area contributed by atoms with E-state index in [4.69, 9.17) is 4.98 Å². The van der Waals surface area contributed by atoms with Crippen LogP contribution in [0.4, 0.5) is 5.95 Å². The van der Waals surface area contributed by atoms with Gasteiger partial charge in [-0.15, -0.1) is 11.3 Å². The number of para-hydroxylation sites is 2. The Morgan fingerprint density at radius 1 is 0.903 bits per heavy atom. The van der Waals surface area contributed by atoms with Crippen molar-refractivity contribution in [2.24, 2.45) is 0 Å². The van der Waals surface area contributed by atoms with Crippen LogP contribution in [0.3, 0.4) is 0 Å². The normalized spacial score (nSPS) is 11.0. The van der Waals surface area contributed by atoms with Crippen LogP contribution in [0.15, 0.2) is 96.4 Å². The Bertz CT molecular complexity index is 1330. The Balaban J connectivity index is 1.72. The molecule has 0 bridgehead atoms. The van der Waals surface area contributed by atoms with Gasteiger partial charge in [-0.2, -0.15) is 0 Å². The van der Waals surface area contributed by atoms with Gasteiger partial charge in [0.15, 0.2) is 0 Å². The Hall–Kier alpha value is -3.90. The summed E-state index contributed by atoms with van der Waals surface area (Å²) in [6.07, 6.45) is 0. The molecule has 0 radical (unpaired) electrons. The summed E-state index contributed by atoms with van der Waals surface area (Å²) in [4.78, 5) is 21.3. The van der Waals surface area contributed by atoms with Crippen molar-refractivity contribution < 1.29 is 9.90 Å². The van der Waals surface area contributed by atoms with Crippen LogP contribution in [0.5, 0.6) is 5.75 Å². The maximum absolute atomic E-state index is 13.6. The zero-order chi connectivity index (χ0) is 21.2. The third-order valence-electron chi connectivity index (χ3n) is 5.05. The van der Waals surface area contributed by atoms with Gasteiger partial charge in [-0.1, -0.05) is 36.4 Å². The molecule has 0 aliphatic heterocycles. The van der Waals surface area contributed by atoms with E-state index in [1.54, 1.807) is 28.4 Å². The Morgan fingerprint density at radius 3 is 2.39 bits per heavy atom. The summed E-state index contributed by atoms with van der Waals surface area (Å²) in [5, 5.41) is 11.8. The molecule has 5 rings (SSSR count). The predicted molar refractivity (Wildman–Crippen MR) is 124 cm³/mol. The molecule has 1 amide bonds. The lowest BCUT2D eigenvalue weighted by molar-refractivity contribution is 0.0983. The van der Waals surface area contributed by atoms with Crippen LogP contribution in [-0.2, 0) is 6.54 Å². The molecule has 0 aliphatic rings. The molecule has 2 aromatic heterocycles. The van der Waals surface area contributed by atoms with E-state index in [0.717, 1.165) is 21.6 Å². The van der Waals surface area contributed by atoms with Crippen LogP contribution in [0.1, 0.15) is 15.2 Å². The Morgan fingerprint density at radius 2 is 1.65 bits per heavy atom. The second-order valence-electron chi connectivity index (χ2n) is 7.09. The fourth-order valence-corrected chi connectivity index (χ4v) is 4.27. The number of anilines is 1. The van der Waals surface area contributed by atoms with Crippen molar-refractivity contribution in [3.05, 3.63) is 107 Å². The van der Waals surface area contributed by atoms with Crippen molar-refractivity contribution in [2.45, 2.75) is 6.54 Å². The first kappa shape index (κ1) is 19.1. The van der Waals surface area contributed by atoms with Crippen LogP contribution >= 0.6 is 11.3 Å². The first-order valence-corrected chi connectivity index (χ1v) is 10.7. The van der Waals surface area contributed by atoms with Gasteiger partial charge in [0.25, 0.3) is 5.91 Å². The Labute approximate surface area is 183 Å². The predicted octanol–water partition coefficient (Wildman–Crippen LogP) is 5.64. The lowest BCUT2D eigenvalue weighted by Gasteiger charge is -2.23. The number of carbonyl (C=O) groups is 1. The number of hydrogen-bond donors (Lipinski definition) is 1. The van der Waals surface area contributed by atoms with Crippen molar-refractivity contribution in [2.75, 3.05) is 4.90 Å². The number of nitrogens with zero attached hydrogens (tertiary/aromatic N) is 3. The number of hydrogen-bond acceptors (Lipinski definition) is 4. The number of phenols is 1. The lowest BCUT2D eigenvalue weighted by Crippen LogP contribution is -2.32. The summed E-state index contributed by atoms with van der Waals surface area (Å²) >= 11 is 1.61. The number of carbonyl (C=O) groups excluding carboxylic acids is 1. The molecule has 0 atom stereocenters. The molecule has 0 aliphatic carbocycles. The van der Waals surface area contributed by atoms with Gasteiger partial charge < -0.3 is 5.11 Å². The van der Waals surface area contributed by atoms with E-state index in [1.807, 2.05) is 88.8 Å². The van der Waals surface area contributed by atoms with Crippen molar-refractivity contribution in [1.29, 1.82) is 0 Å². The molecule has 0 spiro atoms. The van der Waals surface area contributed by atoms with E-state index >= 15 is 0 Å². The molecule has 5 aromatic rings. The van der Waals surface area contributed by atoms with E-state index in [1.165, 1.54) is 0 Å².